The number of rotatable bonds is 4. The SMILES string of the molecule is CN(C)CC1CSCCCN1C(=O)/C=C/c1ccc2c(c1)OCO2. The molecule has 1 aromatic rings. The van der Waals surface area contributed by atoms with Crippen LogP contribution in [0, 0.1) is 0 Å². The third kappa shape index (κ3) is 4.24. The van der Waals surface area contributed by atoms with Crippen LogP contribution in [0.15, 0.2) is 24.3 Å². The average molecular weight is 348 g/mol. The Balaban J connectivity index is 1.69. The number of hydrogen-bond donors (Lipinski definition) is 0. The number of hydrogen-bond acceptors (Lipinski definition) is 5. The minimum absolute atomic E-state index is 0.0852. The Morgan fingerprint density at radius 2 is 2.21 bits per heavy atom. The molecule has 1 atom stereocenters. The number of ether oxygens (including phenoxy) is 2. The molecule has 130 valence electrons. The molecule has 0 bridgehead atoms. The maximum atomic E-state index is 12.7. The lowest BCUT2D eigenvalue weighted by atomic mass is 10.1. The first-order chi connectivity index (χ1) is 11.6. The Morgan fingerprint density at radius 3 is 3.04 bits per heavy atom. The van der Waals surface area contributed by atoms with E-state index < -0.39 is 0 Å². The average Bonchev–Trinajstić information content (AvgIpc) is 2.90. The van der Waals surface area contributed by atoms with Crippen LogP contribution < -0.4 is 9.47 Å². The first-order valence-corrected chi connectivity index (χ1v) is 9.40. The molecule has 0 spiro atoms. The number of likely N-dealkylation sites (N-methyl/N-ethyl adjacent to an activating group) is 1. The van der Waals surface area contributed by atoms with Gasteiger partial charge in [0.25, 0.3) is 0 Å². The van der Waals surface area contributed by atoms with E-state index in [1.807, 2.05) is 40.9 Å². The molecule has 0 saturated carbocycles. The van der Waals surface area contributed by atoms with E-state index >= 15 is 0 Å². The van der Waals surface area contributed by atoms with Crippen molar-refractivity contribution < 1.29 is 14.3 Å². The third-order valence-corrected chi connectivity index (χ3v) is 5.31. The Labute approximate surface area is 147 Å². The number of nitrogens with zero attached hydrogens (tertiary/aromatic N) is 2. The molecule has 2 aliphatic rings. The van der Waals surface area contributed by atoms with Gasteiger partial charge in [0.05, 0.1) is 6.04 Å². The minimum Gasteiger partial charge on any atom is -0.454 e. The second kappa shape index (κ2) is 7.94. The number of carbonyl (C=O) groups excluding carboxylic acids is 1. The van der Waals surface area contributed by atoms with Crippen molar-refractivity contribution in [2.75, 3.05) is 45.5 Å². The van der Waals surface area contributed by atoms with Gasteiger partial charge in [-0.2, -0.15) is 11.8 Å². The fourth-order valence-electron chi connectivity index (χ4n) is 2.97. The van der Waals surface area contributed by atoms with Crippen LogP contribution in [0.4, 0.5) is 0 Å². The van der Waals surface area contributed by atoms with Gasteiger partial charge in [0.15, 0.2) is 11.5 Å². The molecule has 1 amide bonds. The normalized spacial score (nSPS) is 20.6. The minimum atomic E-state index is 0.0852. The number of benzene rings is 1. The van der Waals surface area contributed by atoms with Gasteiger partial charge in [-0.1, -0.05) is 6.07 Å². The summed E-state index contributed by atoms with van der Waals surface area (Å²) in [6, 6.07) is 5.99. The first-order valence-electron chi connectivity index (χ1n) is 8.24. The topological polar surface area (TPSA) is 42.0 Å². The summed E-state index contributed by atoms with van der Waals surface area (Å²) < 4.78 is 10.7. The summed E-state index contributed by atoms with van der Waals surface area (Å²) >= 11 is 1.94. The van der Waals surface area contributed by atoms with Crippen molar-refractivity contribution in [2.24, 2.45) is 0 Å². The van der Waals surface area contributed by atoms with Crippen molar-refractivity contribution in [2.45, 2.75) is 12.5 Å². The van der Waals surface area contributed by atoms with Gasteiger partial charge in [0, 0.05) is 24.9 Å². The van der Waals surface area contributed by atoms with Crippen LogP contribution in [0.2, 0.25) is 0 Å². The van der Waals surface area contributed by atoms with Gasteiger partial charge in [-0.05, 0) is 50.0 Å². The predicted octanol–water partition coefficient (Wildman–Crippen LogP) is 2.32. The lowest BCUT2D eigenvalue weighted by Gasteiger charge is -2.30. The zero-order chi connectivity index (χ0) is 16.9. The van der Waals surface area contributed by atoms with Crippen molar-refractivity contribution >= 4 is 23.7 Å². The van der Waals surface area contributed by atoms with Crippen LogP contribution in [0.3, 0.4) is 0 Å². The van der Waals surface area contributed by atoms with E-state index in [0.717, 1.165) is 48.1 Å². The zero-order valence-corrected chi connectivity index (χ0v) is 15.1. The van der Waals surface area contributed by atoms with E-state index in [1.165, 1.54) is 0 Å². The Morgan fingerprint density at radius 1 is 1.38 bits per heavy atom. The number of carbonyl (C=O) groups is 1. The molecule has 0 N–H and O–H groups in total. The molecule has 24 heavy (non-hydrogen) atoms. The van der Waals surface area contributed by atoms with Gasteiger partial charge in [-0.15, -0.1) is 0 Å². The standard InChI is InChI=1S/C18H24N2O3S/c1-19(2)11-15-12-24-9-3-8-20(15)18(21)7-5-14-4-6-16-17(10-14)23-13-22-16/h4-7,10,15H,3,8-9,11-13H2,1-2H3/b7-5+. The highest BCUT2D eigenvalue weighted by molar-refractivity contribution is 7.99. The van der Waals surface area contributed by atoms with Crippen molar-refractivity contribution in [1.82, 2.24) is 9.80 Å². The predicted molar refractivity (Wildman–Crippen MR) is 97.6 cm³/mol. The van der Waals surface area contributed by atoms with Crippen LogP contribution in [-0.2, 0) is 4.79 Å². The molecule has 0 radical (unpaired) electrons. The Hall–Kier alpha value is -1.66. The lowest BCUT2D eigenvalue weighted by molar-refractivity contribution is -0.128. The number of fused-ring (bicyclic) bond motifs is 1. The maximum absolute atomic E-state index is 12.7. The first kappa shape index (κ1) is 17.2. The van der Waals surface area contributed by atoms with Gasteiger partial charge in [-0.25, -0.2) is 0 Å². The van der Waals surface area contributed by atoms with Gasteiger partial charge in [0.2, 0.25) is 12.7 Å². The number of thioether (sulfide) groups is 1. The van der Waals surface area contributed by atoms with Crippen molar-refractivity contribution in [3.05, 3.63) is 29.8 Å². The molecular weight excluding hydrogens is 324 g/mol. The van der Waals surface area contributed by atoms with Gasteiger partial charge in [-0.3, -0.25) is 4.79 Å². The molecule has 1 unspecified atom stereocenters. The van der Waals surface area contributed by atoms with Crippen molar-refractivity contribution in [3.63, 3.8) is 0 Å². The van der Waals surface area contributed by atoms with E-state index in [0.29, 0.717) is 0 Å². The van der Waals surface area contributed by atoms with Crippen LogP contribution in [0.5, 0.6) is 11.5 Å². The molecule has 2 aliphatic heterocycles. The second-order valence-electron chi connectivity index (χ2n) is 6.32. The van der Waals surface area contributed by atoms with E-state index in [4.69, 9.17) is 9.47 Å². The van der Waals surface area contributed by atoms with Crippen LogP contribution in [0.25, 0.3) is 6.08 Å². The van der Waals surface area contributed by atoms with Crippen molar-refractivity contribution in [1.29, 1.82) is 0 Å². The van der Waals surface area contributed by atoms with Crippen molar-refractivity contribution in [3.8, 4) is 11.5 Å². The van der Waals surface area contributed by atoms with E-state index in [1.54, 1.807) is 6.08 Å². The monoisotopic (exact) mass is 348 g/mol. The number of amides is 1. The summed E-state index contributed by atoms with van der Waals surface area (Å²) in [5, 5.41) is 0. The molecule has 3 rings (SSSR count). The molecule has 5 nitrogen and oxygen atoms in total. The molecule has 1 fully saturated rings. The summed E-state index contributed by atoms with van der Waals surface area (Å²) in [7, 11) is 4.11. The van der Waals surface area contributed by atoms with Crippen LogP contribution >= 0.6 is 11.8 Å². The molecule has 1 aromatic carbocycles. The highest BCUT2D eigenvalue weighted by Gasteiger charge is 2.24. The highest BCUT2D eigenvalue weighted by Crippen LogP contribution is 2.32. The maximum Gasteiger partial charge on any atom is 0.246 e. The molecule has 1 saturated heterocycles. The summed E-state index contributed by atoms with van der Waals surface area (Å²) in [4.78, 5) is 16.9. The molecular formula is C18H24N2O3S. The molecule has 2 heterocycles. The molecule has 6 heteroatoms. The third-order valence-electron chi connectivity index (χ3n) is 4.11. The van der Waals surface area contributed by atoms with E-state index in [2.05, 4.69) is 19.0 Å². The lowest BCUT2D eigenvalue weighted by Crippen LogP contribution is -2.46. The Bertz CT molecular complexity index is 618. The Kier molecular flexibility index (Phi) is 5.68. The quantitative estimate of drug-likeness (QED) is 0.781. The van der Waals surface area contributed by atoms with Gasteiger partial charge < -0.3 is 19.3 Å². The van der Waals surface area contributed by atoms with Gasteiger partial charge >= 0.3 is 0 Å². The zero-order valence-electron chi connectivity index (χ0n) is 14.2. The highest BCUT2D eigenvalue weighted by atomic mass is 32.2. The second-order valence-corrected chi connectivity index (χ2v) is 7.47. The van der Waals surface area contributed by atoms with E-state index in [-0.39, 0.29) is 18.7 Å². The fraction of sp³-hybridized carbons (Fsp3) is 0.500. The summed E-state index contributed by atoms with van der Waals surface area (Å²) in [6.07, 6.45) is 4.59. The summed E-state index contributed by atoms with van der Waals surface area (Å²) in [5.41, 5.74) is 0.945. The largest absolute Gasteiger partial charge is 0.454 e. The van der Waals surface area contributed by atoms with Gasteiger partial charge in [0.1, 0.15) is 0 Å². The van der Waals surface area contributed by atoms with Crippen LogP contribution in [-0.4, -0.2) is 67.2 Å². The smallest absolute Gasteiger partial charge is 0.246 e. The molecule has 0 aromatic heterocycles. The molecule has 0 aliphatic carbocycles. The summed E-state index contributed by atoms with van der Waals surface area (Å²) in [5.74, 6) is 3.71. The fourth-order valence-corrected chi connectivity index (χ4v) is 4.03. The van der Waals surface area contributed by atoms with Crippen LogP contribution in [0.1, 0.15) is 12.0 Å². The summed E-state index contributed by atoms with van der Waals surface area (Å²) in [6.45, 7) is 1.99. The van der Waals surface area contributed by atoms with E-state index in [9.17, 15) is 4.79 Å².